The summed E-state index contributed by atoms with van der Waals surface area (Å²) in [6, 6.07) is 15.3. The summed E-state index contributed by atoms with van der Waals surface area (Å²) < 4.78 is 40.9. The monoisotopic (exact) mass is 566 g/mol. The van der Waals surface area contributed by atoms with Gasteiger partial charge in [-0.1, -0.05) is 83.7 Å². The number of aliphatic carboxylic acids is 1. The van der Waals surface area contributed by atoms with Gasteiger partial charge in [-0.05, 0) is 77.1 Å². The van der Waals surface area contributed by atoms with Gasteiger partial charge in [-0.15, -0.1) is 0 Å². The zero-order valence-electron chi connectivity index (χ0n) is 25.1. The van der Waals surface area contributed by atoms with Crippen molar-refractivity contribution in [1.29, 1.82) is 0 Å². The largest absolute Gasteiger partial charge is 0.497 e. The van der Waals surface area contributed by atoms with Gasteiger partial charge in [0.2, 0.25) is 0 Å². The molecule has 1 aliphatic carbocycles. The average Bonchev–Trinajstić information content (AvgIpc) is 3.73. The van der Waals surface area contributed by atoms with Crippen molar-refractivity contribution in [2.24, 2.45) is 11.3 Å². The van der Waals surface area contributed by atoms with Crippen molar-refractivity contribution in [1.82, 2.24) is 0 Å². The minimum atomic E-state index is -0.979. The third kappa shape index (κ3) is 10.2. The number of carboxylic acid groups (broad SMARTS) is 1. The van der Waals surface area contributed by atoms with Gasteiger partial charge in [-0.2, -0.15) is 0 Å². The van der Waals surface area contributed by atoms with Gasteiger partial charge in [-0.3, -0.25) is 4.79 Å². The minimum absolute atomic E-state index is 0.00413. The fourth-order valence-electron chi connectivity index (χ4n) is 4.67. The quantitative estimate of drug-likeness (QED) is 0.224. The van der Waals surface area contributed by atoms with Gasteiger partial charge in [0.25, 0.3) is 0 Å². The zero-order chi connectivity index (χ0) is 30.0. The Kier molecular flexibility index (Phi) is 11.7. The molecule has 0 atom stereocenters. The first kappa shape index (κ1) is 32.1. The van der Waals surface area contributed by atoms with Crippen molar-refractivity contribution in [2.75, 3.05) is 7.11 Å². The summed E-state index contributed by atoms with van der Waals surface area (Å²) in [6.07, 6.45) is 6.91. The molecule has 0 unspecified atom stereocenters. The molecule has 41 heavy (non-hydrogen) atoms. The fourth-order valence-corrected chi connectivity index (χ4v) is 4.67. The van der Waals surface area contributed by atoms with Gasteiger partial charge in [0.05, 0.1) is 7.11 Å². The van der Waals surface area contributed by atoms with Crippen LogP contribution in [0.3, 0.4) is 0 Å². The Hall–Kier alpha value is -3.41. The normalized spacial score (nSPS) is 12.9. The van der Waals surface area contributed by atoms with E-state index in [-0.39, 0.29) is 36.4 Å². The van der Waals surface area contributed by atoms with Crippen LogP contribution in [0.1, 0.15) is 82.9 Å². The van der Waals surface area contributed by atoms with Crippen molar-refractivity contribution in [3.63, 3.8) is 0 Å². The number of rotatable bonds is 13. The number of hydrogen-bond donors (Lipinski definition) is 1. The highest BCUT2D eigenvalue weighted by Crippen LogP contribution is 2.36. The van der Waals surface area contributed by atoms with Crippen LogP contribution in [-0.2, 0) is 24.2 Å². The van der Waals surface area contributed by atoms with Crippen molar-refractivity contribution < 1.29 is 28.2 Å². The molecule has 0 heterocycles. The lowest BCUT2D eigenvalue weighted by Gasteiger charge is -2.26. The number of halogens is 2. The van der Waals surface area contributed by atoms with Crippen LogP contribution in [0, 0.1) is 23.0 Å². The number of hydrogen-bond acceptors (Lipinski definition) is 3. The minimum Gasteiger partial charge on any atom is -0.497 e. The second-order valence-corrected chi connectivity index (χ2v) is 11.9. The molecule has 0 radical (unpaired) electrons. The van der Waals surface area contributed by atoms with Gasteiger partial charge in [0, 0.05) is 12.0 Å². The number of carboxylic acids is 1. The lowest BCUT2D eigenvalue weighted by molar-refractivity contribution is -0.136. The average molecular weight is 567 g/mol. The van der Waals surface area contributed by atoms with E-state index in [1.165, 1.54) is 25.0 Å². The third-order valence-electron chi connectivity index (χ3n) is 7.42. The van der Waals surface area contributed by atoms with E-state index in [4.69, 9.17) is 14.6 Å². The molecule has 1 saturated carbocycles. The van der Waals surface area contributed by atoms with Crippen LogP contribution >= 0.6 is 0 Å². The van der Waals surface area contributed by atoms with E-state index in [0.29, 0.717) is 16.9 Å². The summed E-state index contributed by atoms with van der Waals surface area (Å²) in [4.78, 5) is 10.9. The van der Waals surface area contributed by atoms with Gasteiger partial charge < -0.3 is 14.6 Å². The van der Waals surface area contributed by atoms with E-state index < -0.39 is 11.8 Å². The second kappa shape index (κ2) is 15.0. The number of benzene rings is 3. The molecule has 0 saturated heterocycles. The van der Waals surface area contributed by atoms with Gasteiger partial charge >= 0.3 is 5.97 Å². The van der Waals surface area contributed by atoms with Crippen LogP contribution in [0.25, 0.3) is 11.1 Å². The Bertz CT molecular complexity index is 1300. The molecule has 4 nitrogen and oxygen atoms in total. The molecule has 0 amide bonds. The topological polar surface area (TPSA) is 55.8 Å². The van der Waals surface area contributed by atoms with Crippen LogP contribution < -0.4 is 9.47 Å². The smallest absolute Gasteiger partial charge is 0.303 e. The maximum Gasteiger partial charge on any atom is 0.303 e. The van der Waals surface area contributed by atoms with Crippen molar-refractivity contribution in [3.8, 4) is 22.6 Å². The predicted octanol–water partition coefficient (Wildman–Crippen LogP) is 9.41. The van der Waals surface area contributed by atoms with Gasteiger partial charge in [-0.25, -0.2) is 8.78 Å². The molecule has 0 aliphatic heterocycles. The molecule has 0 bridgehead atoms. The predicted molar refractivity (Wildman–Crippen MR) is 160 cm³/mol. The molecule has 0 spiro atoms. The number of aryl methyl sites for hydroxylation is 1. The number of ether oxygens (including phenoxy) is 2. The Morgan fingerprint density at radius 1 is 1.02 bits per heavy atom. The first-order chi connectivity index (χ1) is 19.5. The molecule has 3 aromatic rings. The zero-order valence-corrected chi connectivity index (χ0v) is 25.1. The fraction of sp³-hybridized carbons (Fsp3) is 0.457. The highest BCUT2D eigenvalue weighted by atomic mass is 19.1. The first-order valence-electron chi connectivity index (χ1n) is 14.6. The summed E-state index contributed by atoms with van der Waals surface area (Å²) in [7, 11) is 1.56. The maximum absolute atomic E-state index is 14.9. The molecule has 1 fully saturated rings. The Morgan fingerprint density at radius 2 is 1.76 bits per heavy atom. The Balaban J connectivity index is 0.00000106. The first-order valence-corrected chi connectivity index (χ1v) is 14.6. The summed E-state index contributed by atoms with van der Waals surface area (Å²) in [5.74, 6) is -0.0982. The highest BCUT2D eigenvalue weighted by molar-refractivity contribution is 5.70. The molecule has 4 rings (SSSR count). The highest BCUT2D eigenvalue weighted by Gasteiger charge is 2.22. The van der Waals surface area contributed by atoms with E-state index >= 15 is 0 Å². The number of unbranched alkanes of at least 4 members (excludes halogenated alkanes) is 1. The van der Waals surface area contributed by atoms with E-state index in [1.54, 1.807) is 31.4 Å². The molecule has 1 N–H and O–H groups in total. The van der Waals surface area contributed by atoms with E-state index in [0.717, 1.165) is 48.3 Å². The molecular weight excluding hydrogens is 522 g/mol. The van der Waals surface area contributed by atoms with Crippen molar-refractivity contribution >= 4 is 5.97 Å². The SMILES string of the molecule is CC1CC1.CCCCC(C)(C)Cc1cc(COc2cccc(CCC(=O)O)c2F)ccc1-c1cc(OC)ccc1F. The lowest BCUT2D eigenvalue weighted by atomic mass is 9.79. The molecule has 0 aromatic heterocycles. The van der Waals surface area contributed by atoms with Crippen LogP contribution in [-0.4, -0.2) is 18.2 Å². The van der Waals surface area contributed by atoms with Crippen LogP contribution in [0.5, 0.6) is 11.5 Å². The Morgan fingerprint density at radius 3 is 2.39 bits per heavy atom. The maximum atomic E-state index is 14.9. The van der Waals surface area contributed by atoms with E-state index in [1.807, 2.05) is 18.2 Å². The summed E-state index contributed by atoms with van der Waals surface area (Å²) in [5.41, 5.74) is 3.41. The molecule has 6 heteroatoms. The standard InChI is InChI=1S/C31H36F2O4.C4H8/c1-5-6-16-31(2,3)19-23-17-21(10-13-25(23)26-18-24(36-4)12-14-27(26)32)20-37-28-9-7-8-22(30(28)33)11-15-29(34)35;1-4-2-3-4/h7-10,12-14,17-18H,5-6,11,15-16,19-20H2,1-4H3,(H,34,35);4H,2-3H2,1H3. The van der Waals surface area contributed by atoms with E-state index in [9.17, 15) is 13.6 Å². The molecule has 222 valence electrons. The lowest BCUT2D eigenvalue weighted by Crippen LogP contribution is -2.16. The van der Waals surface area contributed by atoms with Gasteiger partial charge in [0.15, 0.2) is 11.6 Å². The van der Waals surface area contributed by atoms with Crippen molar-refractivity contribution in [3.05, 3.63) is 82.9 Å². The van der Waals surface area contributed by atoms with Gasteiger partial charge in [0.1, 0.15) is 18.2 Å². The van der Waals surface area contributed by atoms with Crippen LogP contribution in [0.2, 0.25) is 0 Å². The summed E-state index contributed by atoms with van der Waals surface area (Å²) in [5, 5.41) is 8.91. The Labute approximate surface area is 243 Å². The number of carbonyl (C=O) groups is 1. The molecule has 3 aromatic carbocycles. The molecular formula is C35H44F2O4. The van der Waals surface area contributed by atoms with Crippen LogP contribution in [0.15, 0.2) is 54.6 Å². The van der Waals surface area contributed by atoms with E-state index in [2.05, 4.69) is 27.7 Å². The summed E-state index contributed by atoms with van der Waals surface area (Å²) in [6.45, 7) is 9.01. The molecule has 1 aliphatic rings. The van der Waals surface area contributed by atoms with Crippen molar-refractivity contribution in [2.45, 2.75) is 85.7 Å². The summed E-state index contributed by atoms with van der Waals surface area (Å²) >= 11 is 0. The van der Waals surface area contributed by atoms with Crippen LogP contribution in [0.4, 0.5) is 8.78 Å². The second-order valence-electron chi connectivity index (χ2n) is 11.9. The third-order valence-corrected chi connectivity index (χ3v) is 7.42. The number of methoxy groups -OCH3 is 1.